The van der Waals surface area contributed by atoms with Crippen molar-refractivity contribution >= 4 is 17.3 Å². The van der Waals surface area contributed by atoms with Crippen LogP contribution in [0.15, 0.2) is 42.5 Å². The van der Waals surface area contributed by atoms with Crippen molar-refractivity contribution in [3.8, 4) is 0 Å². The number of morpholine rings is 1. The Hall–Kier alpha value is -3.14. The van der Waals surface area contributed by atoms with Crippen LogP contribution < -0.4 is 10.2 Å². The van der Waals surface area contributed by atoms with Crippen LogP contribution in [0.4, 0.5) is 24.5 Å². The van der Waals surface area contributed by atoms with Crippen LogP contribution in [0, 0.1) is 10.1 Å². The number of nitrogens with zero attached hydrogens (tertiary/aromatic N) is 2. The first-order valence-electron chi connectivity index (χ1n) is 8.82. The molecule has 0 unspecified atom stereocenters. The number of hydrogen-bond donors (Lipinski definition) is 1. The standard InChI is InChI=1S/C19H18F3N3O4/c20-19(21,22)14-6-4-13(5-7-14)12-23-18(26)15-2-1-3-16(25(27)28)17(15)24-8-10-29-11-9-24/h1-7H,8-12H2,(H,23,26). The summed E-state index contributed by atoms with van der Waals surface area (Å²) in [5.74, 6) is -0.546. The van der Waals surface area contributed by atoms with Gasteiger partial charge in [-0.3, -0.25) is 14.9 Å². The summed E-state index contributed by atoms with van der Waals surface area (Å²) in [6.45, 7) is 1.58. The average molecular weight is 409 g/mol. The summed E-state index contributed by atoms with van der Waals surface area (Å²) in [6, 6.07) is 8.67. The number of carbonyl (C=O) groups is 1. The zero-order valence-electron chi connectivity index (χ0n) is 15.2. The van der Waals surface area contributed by atoms with Gasteiger partial charge in [-0.15, -0.1) is 0 Å². The number of nitro benzene ring substituents is 1. The maximum Gasteiger partial charge on any atom is 0.416 e. The molecule has 154 valence electrons. The lowest BCUT2D eigenvalue weighted by atomic mass is 10.1. The van der Waals surface area contributed by atoms with Crippen LogP contribution in [0.1, 0.15) is 21.5 Å². The zero-order valence-corrected chi connectivity index (χ0v) is 15.2. The van der Waals surface area contributed by atoms with Crippen molar-refractivity contribution in [1.82, 2.24) is 5.32 Å². The number of carbonyl (C=O) groups excluding carboxylic acids is 1. The predicted molar refractivity (Wildman–Crippen MR) is 98.7 cm³/mol. The summed E-state index contributed by atoms with van der Waals surface area (Å²) in [5, 5.41) is 14.1. The molecule has 2 aromatic carbocycles. The van der Waals surface area contributed by atoms with Crippen LogP contribution in [0.3, 0.4) is 0 Å². The Morgan fingerprint density at radius 2 is 1.79 bits per heavy atom. The van der Waals surface area contributed by atoms with Crippen molar-refractivity contribution in [3.63, 3.8) is 0 Å². The summed E-state index contributed by atoms with van der Waals surface area (Å²) in [4.78, 5) is 25.4. The lowest BCUT2D eigenvalue weighted by Crippen LogP contribution is -2.38. The van der Waals surface area contributed by atoms with E-state index in [1.807, 2.05) is 0 Å². The van der Waals surface area contributed by atoms with Crippen molar-refractivity contribution in [3.05, 3.63) is 69.3 Å². The molecule has 1 saturated heterocycles. The number of hydrogen-bond acceptors (Lipinski definition) is 5. The molecule has 0 aliphatic carbocycles. The van der Waals surface area contributed by atoms with Crippen LogP contribution in [0.25, 0.3) is 0 Å². The van der Waals surface area contributed by atoms with Crippen molar-refractivity contribution < 1.29 is 27.6 Å². The monoisotopic (exact) mass is 409 g/mol. The number of para-hydroxylation sites is 1. The average Bonchev–Trinajstić information content (AvgIpc) is 2.71. The zero-order chi connectivity index (χ0) is 21.0. The summed E-state index contributed by atoms with van der Waals surface area (Å²) in [5.41, 5.74) is -0.140. The lowest BCUT2D eigenvalue weighted by Gasteiger charge is -2.29. The minimum atomic E-state index is -4.43. The van der Waals surface area contributed by atoms with Gasteiger partial charge in [0.25, 0.3) is 11.6 Å². The second kappa shape index (κ2) is 8.48. The minimum Gasteiger partial charge on any atom is -0.378 e. The maximum absolute atomic E-state index is 12.7. The van der Waals surface area contributed by atoms with Gasteiger partial charge in [0.05, 0.1) is 29.3 Å². The number of alkyl halides is 3. The van der Waals surface area contributed by atoms with E-state index in [0.29, 0.717) is 31.9 Å². The molecule has 1 aliphatic heterocycles. The maximum atomic E-state index is 12.7. The summed E-state index contributed by atoms with van der Waals surface area (Å²) in [7, 11) is 0. The van der Waals surface area contributed by atoms with Gasteiger partial charge in [-0.05, 0) is 23.8 Å². The third-order valence-corrected chi connectivity index (χ3v) is 4.52. The van der Waals surface area contributed by atoms with Gasteiger partial charge < -0.3 is 15.0 Å². The van der Waals surface area contributed by atoms with Gasteiger partial charge in [0.1, 0.15) is 5.69 Å². The highest BCUT2D eigenvalue weighted by Crippen LogP contribution is 2.33. The highest BCUT2D eigenvalue weighted by molar-refractivity contribution is 6.02. The normalized spacial score (nSPS) is 14.5. The molecule has 1 fully saturated rings. The quantitative estimate of drug-likeness (QED) is 0.605. The fourth-order valence-corrected chi connectivity index (χ4v) is 3.07. The van der Waals surface area contributed by atoms with Crippen LogP contribution >= 0.6 is 0 Å². The van der Waals surface area contributed by atoms with Crippen LogP contribution in [0.2, 0.25) is 0 Å². The largest absolute Gasteiger partial charge is 0.416 e. The summed E-state index contributed by atoms with van der Waals surface area (Å²) in [6.07, 6.45) is -4.43. The highest BCUT2D eigenvalue weighted by Gasteiger charge is 2.30. The first-order chi connectivity index (χ1) is 13.8. The molecule has 1 heterocycles. The molecule has 29 heavy (non-hydrogen) atoms. The number of benzene rings is 2. The molecule has 1 N–H and O–H groups in total. The van der Waals surface area contributed by atoms with Gasteiger partial charge >= 0.3 is 6.18 Å². The Labute approximate surface area is 164 Å². The number of amides is 1. The second-order valence-electron chi connectivity index (χ2n) is 6.41. The van der Waals surface area contributed by atoms with E-state index >= 15 is 0 Å². The third kappa shape index (κ3) is 4.83. The number of nitro groups is 1. The molecule has 1 aliphatic rings. The molecule has 0 radical (unpaired) electrons. The van der Waals surface area contributed by atoms with Crippen molar-refractivity contribution in [1.29, 1.82) is 0 Å². The van der Waals surface area contributed by atoms with Crippen LogP contribution in [0.5, 0.6) is 0 Å². The number of halogens is 3. The Balaban J connectivity index is 1.80. The van der Waals surface area contributed by atoms with Gasteiger partial charge in [-0.2, -0.15) is 13.2 Å². The SMILES string of the molecule is O=C(NCc1ccc(C(F)(F)F)cc1)c1cccc([N+](=O)[O-])c1N1CCOCC1. The number of rotatable bonds is 5. The number of nitrogens with one attached hydrogen (secondary N) is 1. The molecule has 1 amide bonds. The molecular formula is C19H18F3N3O4. The highest BCUT2D eigenvalue weighted by atomic mass is 19.4. The van der Waals surface area contributed by atoms with E-state index in [1.165, 1.54) is 30.3 Å². The van der Waals surface area contributed by atoms with E-state index in [2.05, 4.69) is 5.32 Å². The molecule has 0 spiro atoms. The number of anilines is 1. The molecule has 0 aromatic heterocycles. The van der Waals surface area contributed by atoms with E-state index < -0.39 is 22.6 Å². The molecule has 0 bridgehead atoms. The molecule has 0 atom stereocenters. The minimum absolute atomic E-state index is 0.0117. The Morgan fingerprint density at radius 1 is 1.14 bits per heavy atom. The molecular weight excluding hydrogens is 391 g/mol. The third-order valence-electron chi connectivity index (χ3n) is 4.52. The van der Waals surface area contributed by atoms with Gasteiger partial charge in [0.15, 0.2) is 0 Å². The molecule has 0 saturated carbocycles. The first-order valence-corrected chi connectivity index (χ1v) is 8.82. The molecule has 7 nitrogen and oxygen atoms in total. The van der Waals surface area contributed by atoms with E-state index in [4.69, 9.17) is 4.74 Å². The Morgan fingerprint density at radius 3 is 2.38 bits per heavy atom. The van der Waals surface area contributed by atoms with E-state index in [0.717, 1.165) is 12.1 Å². The number of ether oxygens (including phenoxy) is 1. The fraction of sp³-hybridized carbons (Fsp3) is 0.316. The van der Waals surface area contributed by atoms with E-state index in [1.54, 1.807) is 4.90 Å². The Bertz CT molecular complexity index is 895. The van der Waals surface area contributed by atoms with Crippen molar-refractivity contribution in [2.24, 2.45) is 0 Å². The first kappa shape index (κ1) is 20.6. The van der Waals surface area contributed by atoms with Crippen LogP contribution in [-0.4, -0.2) is 37.1 Å². The van der Waals surface area contributed by atoms with Gasteiger partial charge in [0, 0.05) is 25.7 Å². The molecule has 2 aromatic rings. The van der Waals surface area contributed by atoms with Crippen molar-refractivity contribution in [2.45, 2.75) is 12.7 Å². The van der Waals surface area contributed by atoms with E-state index in [9.17, 15) is 28.1 Å². The van der Waals surface area contributed by atoms with Gasteiger partial charge in [-0.1, -0.05) is 18.2 Å². The fourth-order valence-electron chi connectivity index (χ4n) is 3.07. The van der Waals surface area contributed by atoms with Gasteiger partial charge in [-0.25, -0.2) is 0 Å². The molecule has 10 heteroatoms. The summed E-state index contributed by atoms with van der Waals surface area (Å²) >= 11 is 0. The second-order valence-corrected chi connectivity index (χ2v) is 6.41. The van der Waals surface area contributed by atoms with E-state index in [-0.39, 0.29) is 23.5 Å². The molecule has 3 rings (SSSR count). The topological polar surface area (TPSA) is 84.7 Å². The smallest absolute Gasteiger partial charge is 0.378 e. The lowest BCUT2D eigenvalue weighted by molar-refractivity contribution is -0.384. The van der Waals surface area contributed by atoms with Gasteiger partial charge in [0.2, 0.25) is 0 Å². The predicted octanol–water partition coefficient (Wildman–Crippen LogP) is 3.38. The van der Waals surface area contributed by atoms with Crippen LogP contribution in [-0.2, 0) is 17.5 Å². The summed E-state index contributed by atoms with van der Waals surface area (Å²) < 4.78 is 43.2. The van der Waals surface area contributed by atoms with Crippen molar-refractivity contribution in [2.75, 3.05) is 31.2 Å². The Kier molecular flexibility index (Phi) is 6.02.